The van der Waals surface area contributed by atoms with Gasteiger partial charge in [0, 0.05) is 13.1 Å². The Kier molecular flexibility index (Phi) is 4.16. The lowest BCUT2D eigenvalue weighted by Gasteiger charge is -2.32. The molecule has 1 aromatic carbocycles. The number of halogens is 2. The number of nitrogens with zero attached hydrogens (tertiary/aromatic N) is 1. The Labute approximate surface area is 109 Å². The fraction of sp³-hybridized carbons (Fsp3) is 0.417. The van der Waals surface area contributed by atoms with Crippen LogP contribution >= 0.6 is 11.6 Å². The van der Waals surface area contributed by atoms with Crippen LogP contribution in [0, 0.1) is 5.82 Å². The third-order valence-electron chi connectivity index (χ3n) is 2.81. The van der Waals surface area contributed by atoms with Crippen molar-refractivity contribution in [3.8, 4) is 0 Å². The van der Waals surface area contributed by atoms with Crippen LogP contribution in [-0.4, -0.2) is 48.3 Å². The molecule has 0 saturated carbocycles. The second-order valence-electron chi connectivity index (χ2n) is 4.03. The summed E-state index contributed by atoms with van der Waals surface area (Å²) in [6.45, 7) is 0.795. The maximum Gasteiger partial charge on any atom is 0.257 e. The number of hydrogen-bond acceptors (Lipinski definition) is 3. The second kappa shape index (κ2) is 5.65. The highest BCUT2D eigenvalue weighted by Crippen LogP contribution is 2.20. The number of morpholine rings is 1. The van der Waals surface area contributed by atoms with Crippen LogP contribution in [0.15, 0.2) is 18.2 Å². The van der Waals surface area contributed by atoms with E-state index in [0.29, 0.717) is 13.2 Å². The second-order valence-corrected chi connectivity index (χ2v) is 4.44. The van der Waals surface area contributed by atoms with Gasteiger partial charge in [-0.3, -0.25) is 4.79 Å². The quantitative estimate of drug-likeness (QED) is 0.884. The number of aliphatic hydroxyl groups excluding tert-OH is 1. The number of aliphatic hydroxyl groups is 1. The molecule has 1 aliphatic rings. The monoisotopic (exact) mass is 273 g/mol. The lowest BCUT2D eigenvalue weighted by atomic mass is 10.1. The molecule has 1 aliphatic heterocycles. The van der Waals surface area contributed by atoms with Crippen LogP contribution < -0.4 is 0 Å². The highest BCUT2D eigenvalue weighted by atomic mass is 35.5. The first kappa shape index (κ1) is 13.3. The first-order valence-corrected chi connectivity index (χ1v) is 5.97. The first-order chi connectivity index (χ1) is 8.63. The summed E-state index contributed by atoms with van der Waals surface area (Å²) in [5.74, 6) is -1.15. The Balaban J connectivity index is 2.18. The van der Waals surface area contributed by atoms with Gasteiger partial charge in [-0.1, -0.05) is 17.7 Å². The summed E-state index contributed by atoms with van der Waals surface area (Å²) in [4.78, 5) is 13.6. The Morgan fingerprint density at radius 2 is 2.39 bits per heavy atom. The minimum Gasteiger partial charge on any atom is -0.394 e. The van der Waals surface area contributed by atoms with E-state index in [1.807, 2.05) is 0 Å². The van der Waals surface area contributed by atoms with Crippen molar-refractivity contribution < 1.29 is 19.0 Å². The molecule has 1 heterocycles. The molecular weight excluding hydrogens is 261 g/mol. The molecule has 0 aromatic heterocycles. The molecule has 0 bridgehead atoms. The third kappa shape index (κ3) is 2.63. The number of hydrogen-bond donors (Lipinski definition) is 1. The van der Waals surface area contributed by atoms with Gasteiger partial charge in [-0.05, 0) is 12.1 Å². The van der Waals surface area contributed by atoms with Crippen LogP contribution in [-0.2, 0) is 4.74 Å². The molecule has 0 spiro atoms. The number of ether oxygens (including phenoxy) is 1. The van der Waals surface area contributed by atoms with Crippen molar-refractivity contribution >= 4 is 17.5 Å². The van der Waals surface area contributed by atoms with Crippen LogP contribution in [0.5, 0.6) is 0 Å². The average molecular weight is 274 g/mol. The highest BCUT2D eigenvalue weighted by Gasteiger charge is 2.26. The SMILES string of the molecule is O=C(c1cccc(Cl)c1F)N1CCOC(CO)C1. The predicted octanol–water partition coefficient (Wildman–Crippen LogP) is 1.31. The Morgan fingerprint density at radius 3 is 3.11 bits per heavy atom. The van der Waals surface area contributed by atoms with Gasteiger partial charge < -0.3 is 14.7 Å². The molecule has 1 amide bonds. The fourth-order valence-electron chi connectivity index (χ4n) is 1.85. The summed E-state index contributed by atoms with van der Waals surface area (Å²) in [7, 11) is 0. The van der Waals surface area contributed by atoms with Crippen molar-refractivity contribution in [1.29, 1.82) is 0 Å². The smallest absolute Gasteiger partial charge is 0.257 e. The van der Waals surface area contributed by atoms with E-state index in [1.54, 1.807) is 0 Å². The number of amides is 1. The van der Waals surface area contributed by atoms with Gasteiger partial charge in [0.25, 0.3) is 5.91 Å². The van der Waals surface area contributed by atoms with Crippen LogP contribution in [0.25, 0.3) is 0 Å². The maximum atomic E-state index is 13.7. The normalized spacial score (nSPS) is 19.9. The zero-order valence-corrected chi connectivity index (χ0v) is 10.4. The number of rotatable bonds is 2. The van der Waals surface area contributed by atoms with E-state index in [-0.39, 0.29) is 23.7 Å². The minimum atomic E-state index is -0.712. The molecule has 1 saturated heterocycles. The van der Waals surface area contributed by atoms with Gasteiger partial charge in [0.05, 0.1) is 29.9 Å². The molecular formula is C12H13ClFNO3. The van der Waals surface area contributed by atoms with E-state index < -0.39 is 17.8 Å². The summed E-state index contributed by atoms with van der Waals surface area (Å²) < 4.78 is 19.0. The average Bonchev–Trinajstić information content (AvgIpc) is 2.41. The molecule has 0 aliphatic carbocycles. The van der Waals surface area contributed by atoms with Crippen LogP contribution in [0.3, 0.4) is 0 Å². The van der Waals surface area contributed by atoms with Crippen LogP contribution in [0.1, 0.15) is 10.4 Å². The van der Waals surface area contributed by atoms with Gasteiger partial charge in [-0.15, -0.1) is 0 Å². The van der Waals surface area contributed by atoms with Crippen molar-refractivity contribution in [3.63, 3.8) is 0 Å². The van der Waals surface area contributed by atoms with Crippen molar-refractivity contribution in [1.82, 2.24) is 4.90 Å². The summed E-state index contributed by atoms with van der Waals surface area (Å²) in [5, 5.41) is 8.93. The number of carbonyl (C=O) groups is 1. The summed E-state index contributed by atoms with van der Waals surface area (Å²) in [5.41, 5.74) is -0.0545. The van der Waals surface area contributed by atoms with Crippen molar-refractivity contribution in [2.24, 2.45) is 0 Å². The summed E-state index contributed by atoms with van der Waals surface area (Å²) in [6.07, 6.45) is -0.412. The van der Waals surface area contributed by atoms with E-state index in [2.05, 4.69) is 0 Å². The lowest BCUT2D eigenvalue weighted by molar-refractivity contribution is -0.0448. The molecule has 1 N–H and O–H groups in total. The molecule has 18 heavy (non-hydrogen) atoms. The molecule has 1 fully saturated rings. The first-order valence-electron chi connectivity index (χ1n) is 5.59. The van der Waals surface area contributed by atoms with Gasteiger partial charge in [0.2, 0.25) is 0 Å². The van der Waals surface area contributed by atoms with E-state index >= 15 is 0 Å². The minimum absolute atomic E-state index is 0.0545. The van der Waals surface area contributed by atoms with Crippen molar-refractivity contribution in [2.75, 3.05) is 26.3 Å². The standard InChI is InChI=1S/C12H13ClFNO3/c13-10-3-1-2-9(11(10)14)12(17)15-4-5-18-8(6-15)7-16/h1-3,8,16H,4-7H2. The molecule has 6 heteroatoms. The number of benzene rings is 1. The van der Waals surface area contributed by atoms with Gasteiger partial charge in [-0.2, -0.15) is 0 Å². The summed E-state index contributed by atoms with van der Waals surface area (Å²) in [6, 6.07) is 4.32. The van der Waals surface area contributed by atoms with Gasteiger partial charge >= 0.3 is 0 Å². The van der Waals surface area contributed by atoms with E-state index in [0.717, 1.165) is 0 Å². The molecule has 0 radical (unpaired) electrons. The topological polar surface area (TPSA) is 49.8 Å². The van der Waals surface area contributed by atoms with Gasteiger partial charge in [0.15, 0.2) is 5.82 Å². The van der Waals surface area contributed by atoms with E-state index in [1.165, 1.54) is 23.1 Å². The number of carbonyl (C=O) groups excluding carboxylic acids is 1. The van der Waals surface area contributed by atoms with Crippen LogP contribution in [0.2, 0.25) is 5.02 Å². The highest BCUT2D eigenvalue weighted by molar-refractivity contribution is 6.31. The van der Waals surface area contributed by atoms with Crippen molar-refractivity contribution in [2.45, 2.75) is 6.10 Å². The molecule has 1 aromatic rings. The Hall–Kier alpha value is -1.17. The van der Waals surface area contributed by atoms with E-state index in [9.17, 15) is 9.18 Å². The van der Waals surface area contributed by atoms with Crippen molar-refractivity contribution in [3.05, 3.63) is 34.6 Å². The van der Waals surface area contributed by atoms with Gasteiger partial charge in [-0.25, -0.2) is 4.39 Å². The van der Waals surface area contributed by atoms with Gasteiger partial charge in [0.1, 0.15) is 0 Å². The van der Waals surface area contributed by atoms with Crippen LogP contribution in [0.4, 0.5) is 4.39 Å². The Bertz CT molecular complexity index is 455. The molecule has 2 rings (SSSR count). The van der Waals surface area contributed by atoms with E-state index in [4.69, 9.17) is 21.4 Å². The zero-order chi connectivity index (χ0) is 13.1. The zero-order valence-electron chi connectivity index (χ0n) is 9.60. The maximum absolute atomic E-state index is 13.7. The summed E-state index contributed by atoms with van der Waals surface area (Å²) >= 11 is 5.64. The Morgan fingerprint density at radius 1 is 1.61 bits per heavy atom. The largest absolute Gasteiger partial charge is 0.394 e. The third-order valence-corrected chi connectivity index (χ3v) is 3.10. The molecule has 4 nitrogen and oxygen atoms in total. The molecule has 1 unspecified atom stereocenters. The fourth-order valence-corrected chi connectivity index (χ4v) is 2.03. The molecule has 98 valence electrons. The predicted molar refractivity (Wildman–Crippen MR) is 64.1 cm³/mol. The lowest BCUT2D eigenvalue weighted by Crippen LogP contribution is -2.47. The molecule has 1 atom stereocenters.